The quantitative estimate of drug-likeness (QED) is 0.102. The third-order valence-corrected chi connectivity index (χ3v) is 11.9. The SMILES string of the molecule is Brc1cccn2cncc12.C#Cc1nn([C@H]2C[C@H](COC)N(C(=O)C=C)C2)c(NC)c1C(N)=O.C=CC(=O)N1C[C@@H](n2nc(C#Cc3cccn4cncc34)c(C(N)=O)c2NC)C[C@@H]1COC. The number of nitrogens with one attached hydrogen (secondary N) is 2. The number of nitrogens with zero attached hydrogens (tertiary/aromatic N) is 10. The lowest BCUT2D eigenvalue weighted by molar-refractivity contribution is -0.128. The van der Waals surface area contributed by atoms with Crippen LogP contribution in [0.2, 0.25) is 0 Å². The molecule has 6 aromatic rings. The number of methoxy groups -OCH3 is 2. The van der Waals surface area contributed by atoms with Crippen LogP contribution in [0.3, 0.4) is 0 Å². The Morgan fingerprint density at radius 3 is 1.73 bits per heavy atom. The van der Waals surface area contributed by atoms with E-state index in [1.807, 2.05) is 51.7 Å². The number of carbonyl (C=O) groups is 4. The van der Waals surface area contributed by atoms with E-state index in [2.05, 4.69) is 77.6 Å². The molecule has 6 N–H and O–H groups in total. The Labute approximate surface area is 395 Å². The number of terminal acetylenes is 1. The van der Waals surface area contributed by atoms with E-state index in [0.717, 1.165) is 21.1 Å². The van der Waals surface area contributed by atoms with Gasteiger partial charge in [-0.15, -0.1) is 6.42 Å². The van der Waals surface area contributed by atoms with E-state index >= 15 is 0 Å². The molecule has 4 amide bonds. The van der Waals surface area contributed by atoms with Crippen molar-refractivity contribution >= 4 is 62.2 Å². The molecule has 0 saturated carbocycles. The number of nitrogens with two attached hydrogens (primary N) is 2. The van der Waals surface area contributed by atoms with Crippen molar-refractivity contribution in [1.82, 2.24) is 48.1 Å². The van der Waals surface area contributed by atoms with Crippen LogP contribution < -0.4 is 22.1 Å². The van der Waals surface area contributed by atoms with Gasteiger partial charge in [0, 0.05) is 58.3 Å². The molecule has 2 aliphatic heterocycles. The molecule has 348 valence electrons. The molecule has 8 heterocycles. The molecule has 0 aromatic carbocycles. The predicted molar refractivity (Wildman–Crippen MR) is 255 cm³/mol. The van der Waals surface area contributed by atoms with Crippen molar-refractivity contribution < 1.29 is 28.7 Å². The summed E-state index contributed by atoms with van der Waals surface area (Å²) in [4.78, 5) is 60.0. The number of anilines is 2. The molecule has 2 aliphatic rings. The van der Waals surface area contributed by atoms with Gasteiger partial charge in [-0.3, -0.25) is 19.2 Å². The average Bonchev–Trinajstić information content (AvgIpc) is 4.19. The second-order valence-corrected chi connectivity index (χ2v) is 16.0. The van der Waals surface area contributed by atoms with Crippen molar-refractivity contribution in [3.05, 3.63) is 120 Å². The molecule has 0 radical (unpaired) electrons. The standard InChI is InChI=1S/C23H25N7O3.C16H21N5O3.C7H5BrN2/c1-4-20(31)29-12-16(10-17(29)13-33-3)30-23(25-2)21(22(24)32)18(27-30)8-7-15-6-5-9-28-14-26-11-19(15)28;1-5-12-14(15(17)23)16(18-3)21(19-12)10-7-11(9-24-4)20(8-10)13(22)6-2;8-6-2-1-3-10-5-9-4-7(6)10/h4-6,9,11,14,16-17,25H,1,10,12-13H2,2-3H3,(H2,24,32);1,6,10-11,18H,2,7-9H2,3-4H3,(H2,17,23);1-5H/t16-,17+;10-,11+;/m00./s1. The zero-order valence-electron chi connectivity index (χ0n) is 37.4. The van der Waals surface area contributed by atoms with Crippen molar-refractivity contribution in [2.45, 2.75) is 37.0 Å². The minimum absolute atomic E-state index is 0.106. The normalized spacial score (nSPS) is 17.3. The number of hydrogen-bond acceptors (Lipinski definition) is 12. The second kappa shape index (κ2) is 22.0. The smallest absolute Gasteiger partial charge is 0.255 e. The Bertz CT molecular complexity index is 2910. The summed E-state index contributed by atoms with van der Waals surface area (Å²) < 4.78 is 18.7. The molecule has 21 heteroatoms. The molecule has 67 heavy (non-hydrogen) atoms. The van der Waals surface area contributed by atoms with Gasteiger partial charge in [-0.05, 0) is 77.0 Å². The Balaban J connectivity index is 0.000000189. The van der Waals surface area contributed by atoms with Gasteiger partial charge in [0.25, 0.3) is 11.8 Å². The van der Waals surface area contributed by atoms with Crippen molar-refractivity contribution in [2.75, 3.05) is 65.3 Å². The molecule has 0 unspecified atom stereocenters. The number of amides is 4. The maximum atomic E-state index is 12.4. The van der Waals surface area contributed by atoms with Gasteiger partial charge in [0.2, 0.25) is 11.8 Å². The number of likely N-dealkylation sites (tertiary alicyclic amines) is 2. The van der Waals surface area contributed by atoms with E-state index in [9.17, 15) is 19.2 Å². The number of aromatic nitrogens is 8. The van der Waals surface area contributed by atoms with Gasteiger partial charge in [0.15, 0.2) is 5.69 Å². The van der Waals surface area contributed by atoms with Crippen molar-refractivity contribution in [1.29, 1.82) is 0 Å². The summed E-state index contributed by atoms with van der Waals surface area (Å²) in [5, 5.41) is 14.9. The number of imidazole rings is 2. The Hall–Kier alpha value is -7.72. The first-order valence-corrected chi connectivity index (χ1v) is 21.6. The van der Waals surface area contributed by atoms with Crippen LogP contribution in [0.1, 0.15) is 62.6 Å². The zero-order chi connectivity index (χ0) is 48.4. The third-order valence-electron chi connectivity index (χ3n) is 11.2. The van der Waals surface area contributed by atoms with E-state index in [4.69, 9.17) is 27.4 Å². The number of primary amides is 2. The van der Waals surface area contributed by atoms with Crippen LogP contribution in [0.4, 0.5) is 11.6 Å². The Morgan fingerprint density at radius 1 is 0.791 bits per heavy atom. The third kappa shape index (κ3) is 10.4. The summed E-state index contributed by atoms with van der Waals surface area (Å²) in [5.74, 6) is 7.75. The number of fused-ring (bicyclic) bond motifs is 2. The van der Waals surface area contributed by atoms with Crippen molar-refractivity contribution in [3.8, 4) is 24.2 Å². The van der Waals surface area contributed by atoms with Crippen molar-refractivity contribution in [3.63, 3.8) is 0 Å². The number of ether oxygens (including phenoxy) is 2. The van der Waals surface area contributed by atoms with E-state index in [0.29, 0.717) is 50.8 Å². The van der Waals surface area contributed by atoms with E-state index in [-0.39, 0.29) is 58.5 Å². The highest BCUT2D eigenvalue weighted by molar-refractivity contribution is 9.10. The number of carbonyl (C=O) groups excluding carboxylic acids is 4. The van der Waals surface area contributed by atoms with Crippen LogP contribution in [0.15, 0.2) is 91.5 Å². The minimum Gasteiger partial charge on any atom is -0.383 e. The monoisotopic (exact) mass is 974 g/mol. The highest BCUT2D eigenvalue weighted by Gasteiger charge is 2.39. The molecule has 0 spiro atoms. The lowest BCUT2D eigenvalue weighted by Gasteiger charge is -2.22. The molecule has 2 fully saturated rings. The minimum atomic E-state index is -0.649. The summed E-state index contributed by atoms with van der Waals surface area (Å²) in [6.45, 7) is 8.72. The van der Waals surface area contributed by atoms with Gasteiger partial charge in [-0.2, -0.15) is 10.2 Å². The van der Waals surface area contributed by atoms with Gasteiger partial charge >= 0.3 is 0 Å². The average molecular weight is 976 g/mol. The highest BCUT2D eigenvalue weighted by atomic mass is 79.9. The number of rotatable bonds is 12. The fourth-order valence-corrected chi connectivity index (χ4v) is 8.70. The second-order valence-electron chi connectivity index (χ2n) is 15.2. The maximum Gasteiger partial charge on any atom is 0.255 e. The summed E-state index contributed by atoms with van der Waals surface area (Å²) in [6.07, 6.45) is 20.1. The van der Waals surface area contributed by atoms with Gasteiger partial charge in [0.1, 0.15) is 28.5 Å². The summed E-state index contributed by atoms with van der Waals surface area (Å²) >= 11 is 3.42. The van der Waals surface area contributed by atoms with Crippen LogP contribution in [0.25, 0.3) is 11.0 Å². The van der Waals surface area contributed by atoms with Crippen LogP contribution in [-0.2, 0) is 19.1 Å². The van der Waals surface area contributed by atoms with Gasteiger partial charge in [-0.25, -0.2) is 19.3 Å². The molecular weight excluding hydrogens is 925 g/mol. The molecule has 2 saturated heterocycles. The summed E-state index contributed by atoms with van der Waals surface area (Å²) in [7, 11) is 6.53. The zero-order valence-corrected chi connectivity index (χ0v) is 39.0. The highest BCUT2D eigenvalue weighted by Crippen LogP contribution is 2.34. The van der Waals surface area contributed by atoms with E-state index in [1.54, 1.807) is 66.3 Å². The van der Waals surface area contributed by atoms with Crippen molar-refractivity contribution in [2.24, 2.45) is 11.5 Å². The molecule has 6 aromatic heterocycles. The molecule has 20 nitrogen and oxygen atoms in total. The van der Waals surface area contributed by atoms with Crippen LogP contribution in [0, 0.1) is 24.2 Å². The van der Waals surface area contributed by atoms with Gasteiger partial charge in [0.05, 0.1) is 79.0 Å². The number of hydrogen-bond donors (Lipinski definition) is 4. The molecular formula is C46H51BrN14O6. The molecule has 0 bridgehead atoms. The number of halogens is 1. The fraction of sp³-hybridized carbons (Fsp3) is 0.304. The van der Waals surface area contributed by atoms with Crippen LogP contribution >= 0.6 is 15.9 Å². The Morgan fingerprint density at radius 2 is 1.27 bits per heavy atom. The first kappa shape index (κ1) is 48.7. The molecule has 0 aliphatic carbocycles. The molecule has 8 rings (SSSR count). The van der Waals surface area contributed by atoms with Crippen LogP contribution in [0.5, 0.6) is 0 Å². The molecule has 4 atom stereocenters. The largest absolute Gasteiger partial charge is 0.383 e. The topological polar surface area (TPSA) is 240 Å². The van der Waals surface area contributed by atoms with Gasteiger partial charge in [-0.1, -0.05) is 19.1 Å². The van der Waals surface area contributed by atoms with E-state index < -0.39 is 11.8 Å². The first-order chi connectivity index (χ1) is 32.3. The maximum absolute atomic E-state index is 12.4. The van der Waals surface area contributed by atoms with Crippen LogP contribution in [-0.4, -0.2) is 138 Å². The summed E-state index contributed by atoms with van der Waals surface area (Å²) in [6, 6.07) is 7.12. The van der Waals surface area contributed by atoms with Gasteiger partial charge < -0.3 is 50.2 Å². The predicted octanol–water partition coefficient (Wildman–Crippen LogP) is 3.12. The van der Waals surface area contributed by atoms with E-state index in [1.165, 1.54) is 12.2 Å². The summed E-state index contributed by atoms with van der Waals surface area (Å²) in [5.41, 5.74) is 14.7. The first-order valence-electron chi connectivity index (χ1n) is 20.8. The lowest BCUT2D eigenvalue weighted by Crippen LogP contribution is -2.37. The lowest BCUT2D eigenvalue weighted by atomic mass is 10.1. The number of pyridine rings is 2. The fourth-order valence-electron chi connectivity index (χ4n) is 8.24. The Kier molecular flexibility index (Phi) is 16.0.